The van der Waals surface area contributed by atoms with Crippen molar-refractivity contribution in [3.63, 3.8) is 0 Å². The van der Waals surface area contributed by atoms with Gasteiger partial charge in [-0.3, -0.25) is 4.98 Å². The largest absolute Gasteiger partial charge is 0.255 e. The monoisotopic (exact) mass is 247 g/mol. The van der Waals surface area contributed by atoms with Crippen molar-refractivity contribution in [2.75, 3.05) is 0 Å². The van der Waals surface area contributed by atoms with Crippen LogP contribution in [0.5, 0.6) is 0 Å². The molecule has 0 aliphatic heterocycles. The number of hydrogen-bond acceptors (Lipinski definition) is 4. The van der Waals surface area contributed by atoms with Gasteiger partial charge in [-0.2, -0.15) is 10.4 Å². The molecule has 0 saturated carbocycles. The van der Waals surface area contributed by atoms with Crippen molar-refractivity contribution < 1.29 is 0 Å². The van der Waals surface area contributed by atoms with E-state index in [0.717, 1.165) is 11.4 Å². The predicted molar refractivity (Wildman–Crippen MR) is 69.3 cm³/mol. The van der Waals surface area contributed by atoms with Crippen LogP contribution in [0.4, 0.5) is 0 Å². The van der Waals surface area contributed by atoms with Gasteiger partial charge in [0, 0.05) is 24.7 Å². The smallest absolute Gasteiger partial charge is 0.154 e. The van der Waals surface area contributed by atoms with Crippen molar-refractivity contribution in [1.82, 2.24) is 19.7 Å². The number of hydrogen-bond donors (Lipinski definition) is 0. The van der Waals surface area contributed by atoms with E-state index < -0.39 is 0 Å². The van der Waals surface area contributed by atoms with E-state index in [2.05, 4.69) is 21.1 Å². The van der Waals surface area contributed by atoms with E-state index in [1.807, 2.05) is 24.3 Å². The van der Waals surface area contributed by atoms with Gasteiger partial charge >= 0.3 is 0 Å². The molecule has 19 heavy (non-hydrogen) atoms. The van der Waals surface area contributed by atoms with Gasteiger partial charge in [-0.25, -0.2) is 9.67 Å². The van der Waals surface area contributed by atoms with Crippen LogP contribution in [-0.2, 0) is 0 Å². The highest BCUT2D eigenvalue weighted by Gasteiger charge is 2.05. The molecule has 0 aliphatic carbocycles. The van der Waals surface area contributed by atoms with E-state index >= 15 is 0 Å². The zero-order valence-electron chi connectivity index (χ0n) is 9.93. The third-order valence-corrected chi connectivity index (χ3v) is 2.63. The fourth-order valence-electron chi connectivity index (χ4n) is 1.72. The summed E-state index contributed by atoms with van der Waals surface area (Å²) in [6, 6.07) is 13.0. The van der Waals surface area contributed by atoms with Crippen molar-refractivity contribution in [2.45, 2.75) is 0 Å². The lowest BCUT2D eigenvalue weighted by molar-refractivity contribution is 0.848. The molecule has 3 aromatic heterocycles. The van der Waals surface area contributed by atoms with Crippen LogP contribution in [0.25, 0.3) is 17.2 Å². The maximum Gasteiger partial charge on any atom is 0.154 e. The van der Waals surface area contributed by atoms with Crippen LogP contribution in [0.2, 0.25) is 0 Å². The number of rotatable bonds is 2. The van der Waals surface area contributed by atoms with Crippen molar-refractivity contribution >= 4 is 0 Å². The van der Waals surface area contributed by atoms with Gasteiger partial charge in [-0.1, -0.05) is 6.07 Å². The Kier molecular flexibility index (Phi) is 2.75. The number of aromatic nitrogens is 4. The minimum atomic E-state index is 0.555. The molecule has 0 aromatic carbocycles. The van der Waals surface area contributed by atoms with Crippen LogP contribution in [0, 0.1) is 11.3 Å². The van der Waals surface area contributed by atoms with Gasteiger partial charge < -0.3 is 0 Å². The molecule has 0 spiro atoms. The zero-order valence-corrected chi connectivity index (χ0v) is 9.93. The fourth-order valence-corrected chi connectivity index (χ4v) is 1.72. The molecule has 0 radical (unpaired) electrons. The molecular formula is C14H9N5. The molecule has 3 rings (SSSR count). The number of nitrogens with zero attached hydrogens (tertiary/aromatic N) is 5. The minimum Gasteiger partial charge on any atom is -0.255 e. The van der Waals surface area contributed by atoms with Crippen LogP contribution in [0.15, 0.2) is 55.0 Å². The molecule has 3 aromatic rings. The standard InChI is InChI=1S/C14H9N5/c15-10-11-4-7-17-14(9-11)19-8-5-13(18-19)12-3-1-2-6-16-12/h1-9H. The van der Waals surface area contributed by atoms with Gasteiger partial charge in [0.05, 0.1) is 17.3 Å². The second-order valence-corrected chi connectivity index (χ2v) is 3.88. The van der Waals surface area contributed by atoms with Gasteiger partial charge in [-0.05, 0) is 24.3 Å². The summed E-state index contributed by atoms with van der Waals surface area (Å²) in [7, 11) is 0. The Hall–Kier alpha value is -3.00. The lowest BCUT2D eigenvalue weighted by Gasteiger charge is -2.00. The van der Waals surface area contributed by atoms with Crippen LogP contribution in [-0.4, -0.2) is 19.7 Å². The first kappa shape index (κ1) is 11.1. The summed E-state index contributed by atoms with van der Waals surface area (Å²) in [5.41, 5.74) is 2.13. The summed E-state index contributed by atoms with van der Waals surface area (Å²) in [5, 5.41) is 13.3. The Morgan fingerprint density at radius 2 is 1.95 bits per heavy atom. The highest BCUT2D eigenvalue weighted by Crippen LogP contribution is 2.15. The molecule has 5 heteroatoms. The Morgan fingerprint density at radius 1 is 1.00 bits per heavy atom. The maximum atomic E-state index is 8.87. The minimum absolute atomic E-state index is 0.555. The van der Waals surface area contributed by atoms with Crippen molar-refractivity contribution in [3.05, 3.63) is 60.6 Å². The third-order valence-electron chi connectivity index (χ3n) is 2.63. The Morgan fingerprint density at radius 3 is 2.74 bits per heavy atom. The number of nitriles is 1. The molecule has 0 N–H and O–H groups in total. The summed E-state index contributed by atoms with van der Waals surface area (Å²) < 4.78 is 1.63. The first-order valence-corrected chi connectivity index (χ1v) is 5.70. The lowest BCUT2D eigenvalue weighted by Crippen LogP contribution is -1.98. The van der Waals surface area contributed by atoms with E-state index in [9.17, 15) is 0 Å². The zero-order chi connectivity index (χ0) is 13.1. The van der Waals surface area contributed by atoms with E-state index in [1.54, 1.807) is 35.4 Å². The molecule has 0 aliphatic rings. The summed E-state index contributed by atoms with van der Waals surface area (Å²) in [6.07, 6.45) is 5.12. The molecule has 0 atom stereocenters. The summed E-state index contributed by atoms with van der Waals surface area (Å²) >= 11 is 0. The highest BCUT2D eigenvalue weighted by atomic mass is 15.3. The number of pyridine rings is 2. The molecule has 0 saturated heterocycles. The van der Waals surface area contributed by atoms with Crippen LogP contribution < -0.4 is 0 Å². The average molecular weight is 247 g/mol. The first-order valence-electron chi connectivity index (χ1n) is 5.70. The Labute approximate surface area is 109 Å². The molecular weight excluding hydrogens is 238 g/mol. The predicted octanol–water partition coefficient (Wildman–Crippen LogP) is 2.20. The van der Waals surface area contributed by atoms with E-state index in [-0.39, 0.29) is 0 Å². The lowest BCUT2D eigenvalue weighted by atomic mass is 10.3. The van der Waals surface area contributed by atoms with Crippen LogP contribution >= 0.6 is 0 Å². The molecule has 5 nitrogen and oxygen atoms in total. The first-order chi connectivity index (χ1) is 9.36. The Bertz CT molecular complexity index is 740. The van der Waals surface area contributed by atoms with Gasteiger partial charge in [-0.15, -0.1) is 0 Å². The van der Waals surface area contributed by atoms with Crippen molar-refractivity contribution in [2.24, 2.45) is 0 Å². The van der Waals surface area contributed by atoms with Crippen LogP contribution in [0.1, 0.15) is 5.56 Å². The van der Waals surface area contributed by atoms with Crippen molar-refractivity contribution in [1.29, 1.82) is 5.26 Å². The molecule has 90 valence electrons. The molecule has 0 unspecified atom stereocenters. The van der Waals surface area contributed by atoms with Gasteiger partial charge in [0.2, 0.25) is 0 Å². The normalized spacial score (nSPS) is 10.1. The molecule has 0 amide bonds. The van der Waals surface area contributed by atoms with E-state index in [4.69, 9.17) is 5.26 Å². The Balaban J connectivity index is 2.00. The summed E-state index contributed by atoms with van der Waals surface area (Å²) in [6.45, 7) is 0. The second-order valence-electron chi connectivity index (χ2n) is 3.88. The van der Waals surface area contributed by atoms with Gasteiger partial charge in [0.25, 0.3) is 0 Å². The highest BCUT2D eigenvalue weighted by molar-refractivity contribution is 5.53. The maximum absolute atomic E-state index is 8.87. The molecule has 0 fully saturated rings. The molecule has 3 heterocycles. The van der Waals surface area contributed by atoms with E-state index in [1.165, 1.54) is 0 Å². The topological polar surface area (TPSA) is 67.4 Å². The average Bonchev–Trinajstić information content (AvgIpc) is 2.98. The summed E-state index contributed by atoms with van der Waals surface area (Å²) in [5.74, 6) is 0.612. The second kappa shape index (κ2) is 4.70. The van der Waals surface area contributed by atoms with Crippen molar-refractivity contribution in [3.8, 4) is 23.3 Å². The van der Waals surface area contributed by atoms with Gasteiger partial charge in [0.1, 0.15) is 5.69 Å². The fraction of sp³-hybridized carbons (Fsp3) is 0. The summed E-state index contributed by atoms with van der Waals surface area (Å²) in [4.78, 5) is 8.43. The SMILES string of the molecule is N#Cc1ccnc(-n2ccc(-c3ccccn3)n2)c1. The van der Waals surface area contributed by atoms with Crippen LogP contribution in [0.3, 0.4) is 0 Å². The van der Waals surface area contributed by atoms with E-state index in [0.29, 0.717) is 11.4 Å². The quantitative estimate of drug-likeness (QED) is 0.696. The molecule has 0 bridgehead atoms. The van der Waals surface area contributed by atoms with Gasteiger partial charge in [0.15, 0.2) is 5.82 Å². The third kappa shape index (κ3) is 2.19.